The molecule has 0 aromatic carbocycles. The van der Waals surface area contributed by atoms with Crippen LogP contribution in [0.5, 0.6) is 0 Å². The second-order valence-electron chi connectivity index (χ2n) is 5.08. The first kappa shape index (κ1) is 13.8. The Kier molecular flexibility index (Phi) is 3.25. The second-order valence-corrected chi connectivity index (χ2v) is 5.98. The Morgan fingerprint density at radius 1 is 1.38 bits per heavy atom. The maximum Gasteiger partial charge on any atom is 0.262 e. The first-order valence-corrected chi connectivity index (χ1v) is 7.45. The van der Waals surface area contributed by atoms with Crippen molar-refractivity contribution in [3.8, 4) is 0 Å². The van der Waals surface area contributed by atoms with E-state index in [9.17, 15) is 9.59 Å². The number of nitrogens with zero attached hydrogens (tertiary/aromatic N) is 3. The summed E-state index contributed by atoms with van der Waals surface area (Å²) in [5, 5.41) is 2.40. The van der Waals surface area contributed by atoms with Gasteiger partial charge in [-0.15, -0.1) is 11.3 Å². The number of rotatable bonds is 3. The van der Waals surface area contributed by atoms with Crippen LogP contribution >= 0.6 is 11.3 Å². The third kappa shape index (κ3) is 2.21. The lowest BCUT2D eigenvalue weighted by molar-refractivity contribution is 0.0970. The lowest BCUT2D eigenvalue weighted by Gasteiger charge is -2.05. The highest BCUT2D eigenvalue weighted by Gasteiger charge is 2.15. The minimum absolute atomic E-state index is 0.0158. The third-order valence-electron chi connectivity index (χ3n) is 3.84. The van der Waals surface area contributed by atoms with Gasteiger partial charge >= 0.3 is 0 Å². The van der Waals surface area contributed by atoms with Gasteiger partial charge < -0.3 is 4.57 Å². The largest absolute Gasteiger partial charge is 0.351 e. The van der Waals surface area contributed by atoms with E-state index in [4.69, 9.17) is 0 Å². The maximum absolute atomic E-state index is 12.4. The first-order valence-electron chi connectivity index (χ1n) is 6.58. The van der Waals surface area contributed by atoms with Gasteiger partial charge in [0.05, 0.1) is 18.3 Å². The molecule has 3 heterocycles. The van der Waals surface area contributed by atoms with Gasteiger partial charge in [0.1, 0.15) is 4.83 Å². The molecular formula is C15H15N3O2S. The fourth-order valence-corrected chi connectivity index (χ4v) is 3.11. The molecule has 0 radical (unpaired) electrons. The number of aromatic nitrogens is 3. The number of hydrogen-bond acceptors (Lipinski definition) is 4. The predicted molar refractivity (Wildman–Crippen MR) is 83.1 cm³/mol. The highest BCUT2D eigenvalue weighted by atomic mass is 32.1. The molecule has 0 N–H and O–H groups in total. The molecule has 5 nitrogen and oxygen atoms in total. The van der Waals surface area contributed by atoms with Crippen molar-refractivity contribution in [3.63, 3.8) is 0 Å². The number of fused-ring (bicyclic) bond motifs is 1. The topological polar surface area (TPSA) is 56.9 Å². The number of hydrogen-bond donors (Lipinski definition) is 0. The van der Waals surface area contributed by atoms with Crippen molar-refractivity contribution in [1.29, 1.82) is 0 Å². The van der Waals surface area contributed by atoms with Gasteiger partial charge in [-0.05, 0) is 31.4 Å². The maximum atomic E-state index is 12.4. The van der Waals surface area contributed by atoms with Crippen molar-refractivity contribution in [2.45, 2.75) is 20.4 Å². The summed E-state index contributed by atoms with van der Waals surface area (Å²) in [6, 6.07) is 3.60. The summed E-state index contributed by atoms with van der Waals surface area (Å²) in [6.07, 6.45) is 1.45. The van der Waals surface area contributed by atoms with Gasteiger partial charge in [-0.3, -0.25) is 14.2 Å². The molecule has 21 heavy (non-hydrogen) atoms. The molecule has 0 spiro atoms. The van der Waals surface area contributed by atoms with Crippen LogP contribution in [0.4, 0.5) is 0 Å². The minimum Gasteiger partial charge on any atom is -0.351 e. The van der Waals surface area contributed by atoms with Crippen LogP contribution in [-0.4, -0.2) is 19.9 Å². The lowest BCUT2D eigenvalue weighted by Crippen LogP contribution is -2.24. The summed E-state index contributed by atoms with van der Waals surface area (Å²) in [5.74, 6) is -0.0744. The van der Waals surface area contributed by atoms with E-state index in [2.05, 4.69) is 4.98 Å². The monoisotopic (exact) mass is 301 g/mol. The summed E-state index contributed by atoms with van der Waals surface area (Å²) in [7, 11) is 1.92. The van der Waals surface area contributed by atoms with Gasteiger partial charge in [-0.1, -0.05) is 0 Å². The zero-order valence-electron chi connectivity index (χ0n) is 12.1. The summed E-state index contributed by atoms with van der Waals surface area (Å²) < 4.78 is 3.34. The van der Waals surface area contributed by atoms with E-state index in [1.54, 1.807) is 6.07 Å². The zero-order valence-corrected chi connectivity index (χ0v) is 12.9. The van der Waals surface area contributed by atoms with E-state index in [1.165, 1.54) is 22.2 Å². The molecule has 6 heteroatoms. The molecule has 0 aliphatic rings. The molecule has 0 saturated heterocycles. The van der Waals surface area contributed by atoms with Crippen molar-refractivity contribution in [2.75, 3.05) is 0 Å². The molecule has 0 saturated carbocycles. The number of ketones is 1. The van der Waals surface area contributed by atoms with Crippen molar-refractivity contribution in [3.05, 3.63) is 51.1 Å². The Labute approximate surface area is 125 Å². The number of Topliss-reactive ketones (excluding diaryl/α,β-unsaturated/α-hetero) is 1. The van der Waals surface area contributed by atoms with E-state index < -0.39 is 0 Å². The van der Waals surface area contributed by atoms with Crippen LogP contribution < -0.4 is 5.56 Å². The molecule has 3 aromatic heterocycles. The van der Waals surface area contributed by atoms with E-state index in [0.717, 1.165) is 11.4 Å². The first-order chi connectivity index (χ1) is 9.99. The molecule has 0 fully saturated rings. The van der Waals surface area contributed by atoms with Gasteiger partial charge in [-0.2, -0.15) is 0 Å². The molecule has 0 unspecified atom stereocenters. The molecule has 0 bridgehead atoms. The molecule has 0 atom stereocenters. The van der Waals surface area contributed by atoms with Gasteiger partial charge in [0.25, 0.3) is 5.56 Å². The molecule has 0 amide bonds. The Morgan fingerprint density at radius 3 is 2.81 bits per heavy atom. The summed E-state index contributed by atoms with van der Waals surface area (Å²) in [5.41, 5.74) is 2.43. The third-order valence-corrected chi connectivity index (χ3v) is 4.66. The Hall–Kier alpha value is -2.21. The highest BCUT2D eigenvalue weighted by molar-refractivity contribution is 7.16. The van der Waals surface area contributed by atoms with Crippen LogP contribution in [0.25, 0.3) is 10.2 Å². The normalized spacial score (nSPS) is 11.2. The molecule has 108 valence electrons. The average Bonchev–Trinajstić information content (AvgIpc) is 3.03. The fourth-order valence-electron chi connectivity index (χ4n) is 2.38. The number of carbonyl (C=O) groups excluding carboxylic acids is 1. The van der Waals surface area contributed by atoms with Crippen LogP contribution in [0.1, 0.15) is 21.7 Å². The van der Waals surface area contributed by atoms with Crippen molar-refractivity contribution in [2.24, 2.45) is 7.05 Å². The minimum atomic E-state index is -0.167. The Balaban J connectivity index is 1.98. The van der Waals surface area contributed by atoms with E-state index >= 15 is 0 Å². The zero-order chi connectivity index (χ0) is 15.1. The van der Waals surface area contributed by atoms with Crippen LogP contribution in [0.15, 0.2) is 28.6 Å². The van der Waals surface area contributed by atoms with Crippen molar-refractivity contribution >= 4 is 27.3 Å². The standard InChI is InChI=1S/C15H15N3O2S/c1-9-6-12(10(2)17(9)3)13(19)7-18-8-16-14-11(15(18)20)4-5-21-14/h4-6,8H,7H2,1-3H3. The highest BCUT2D eigenvalue weighted by Crippen LogP contribution is 2.16. The molecule has 0 aliphatic heterocycles. The van der Waals surface area contributed by atoms with Crippen LogP contribution in [-0.2, 0) is 13.6 Å². The van der Waals surface area contributed by atoms with Crippen LogP contribution in [0.2, 0.25) is 0 Å². The van der Waals surface area contributed by atoms with Gasteiger partial charge in [0.15, 0.2) is 5.78 Å². The van der Waals surface area contributed by atoms with Crippen molar-refractivity contribution < 1.29 is 4.79 Å². The van der Waals surface area contributed by atoms with E-state index in [1.807, 2.05) is 36.9 Å². The number of thiophene rings is 1. The van der Waals surface area contributed by atoms with Crippen LogP contribution in [0.3, 0.4) is 0 Å². The Morgan fingerprint density at radius 2 is 2.14 bits per heavy atom. The van der Waals surface area contributed by atoms with E-state index in [-0.39, 0.29) is 17.9 Å². The quantitative estimate of drug-likeness (QED) is 0.697. The molecule has 0 aliphatic carbocycles. The summed E-state index contributed by atoms with van der Waals surface area (Å²) >= 11 is 1.42. The fraction of sp³-hybridized carbons (Fsp3) is 0.267. The van der Waals surface area contributed by atoms with Gasteiger partial charge in [-0.25, -0.2) is 4.98 Å². The predicted octanol–water partition coefficient (Wildman–Crippen LogP) is 2.30. The number of carbonyl (C=O) groups is 1. The summed E-state index contributed by atoms with van der Waals surface area (Å²) in [6.45, 7) is 3.88. The number of aryl methyl sites for hydroxylation is 1. The van der Waals surface area contributed by atoms with Crippen LogP contribution in [0, 0.1) is 13.8 Å². The summed E-state index contributed by atoms with van der Waals surface area (Å²) in [4.78, 5) is 29.6. The smallest absolute Gasteiger partial charge is 0.262 e. The van der Waals surface area contributed by atoms with E-state index in [0.29, 0.717) is 15.8 Å². The van der Waals surface area contributed by atoms with Gasteiger partial charge in [0, 0.05) is 24.0 Å². The molecule has 3 aromatic rings. The average molecular weight is 301 g/mol. The van der Waals surface area contributed by atoms with Crippen molar-refractivity contribution in [1.82, 2.24) is 14.1 Å². The SMILES string of the molecule is Cc1cc(C(=O)Cn2cnc3sccc3c2=O)c(C)n1C. The molecular weight excluding hydrogens is 286 g/mol. The van der Waals surface area contributed by atoms with Gasteiger partial charge in [0.2, 0.25) is 0 Å². The lowest BCUT2D eigenvalue weighted by atomic mass is 10.1. The Bertz CT molecular complexity index is 901. The second kappa shape index (κ2) is 4.96. The molecule has 3 rings (SSSR count).